The van der Waals surface area contributed by atoms with E-state index in [1.807, 2.05) is 11.3 Å². The van der Waals surface area contributed by atoms with Crippen molar-refractivity contribution in [2.24, 2.45) is 23.0 Å². The Bertz CT molecular complexity index is 385. The normalized spacial score (nSPS) is 23.1. The van der Waals surface area contributed by atoms with Crippen LogP contribution in [0, 0.1) is 24.2 Å². The van der Waals surface area contributed by atoms with E-state index in [0.29, 0.717) is 11.8 Å². The lowest BCUT2D eigenvalue weighted by atomic mass is 9.65. The monoisotopic (exact) mass is 238 g/mol. The predicted molar refractivity (Wildman–Crippen MR) is 69.6 cm³/mol. The fourth-order valence-corrected chi connectivity index (χ4v) is 4.39. The molecule has 0 fully saturated rings. The molecule has 0 unspecified atom stereocenters. The number of rotatable bonds is 2. The van der Waals surface area contributed by atoms with Gasteiger partial charge in [0.15, 0.2) is 0 Å². The second-order valence-electron chi connectivity index (χ2n) is 5.62. The van der Waals surface area contributed by atoms with Gasteiger partial charge in [-0.25, -0.2) is 4.98 Å². The molecule has 3 heteroatoms. The van der Waals surface area contributed by atoms with Gasteiger partial charge in [0.25, 0.3) is 0 Å². The van der Waals surface area contributed by atoms with Gasteiger partial charge < -0.3 is 5.73 Å². The van der Waals surface area contributed by atoms with Crippen LogP contribution in [0.4, 0.5) is 0 Å². The van der Waals surface area contributed by atoms with Crippen LogP contribution >= 0.6 is 11.3 Å². The molecule has 1 atom stereocenters. The maximum Gasteiger partial charge on any atom is 0.0900 e. The Balaban J connectivity index is 2.45. The molecule has 1 aliphatic rings. The molecule has 0 saturated heterocycles. The molecular weight excluding hydrogens is 216 g/mol. The topological polar surface area (TPSA) is 38.9 Å². The van der Waals surface area contributed by atoms with Gasteiger partial charge in [0.05, 0.1) is 16.7 Å². The van der Waals surface area contributed by atoms with Crippen molar-refractivity contribution in [1.82, 2.24) is 4.98 Å². The molecule has 1 aromatic rings. The SMILES string of the molecule is Cc1nc2c(s1)CC(C(C)C)(C(C)C)[C@@H]2N. The van der Waals surface area contributed by atoms with Crippen LogP contribution in [0.1, 0.15) is 49.3 Å². The molecule has 0 spiro atoms. The third-order valence-corrected chi connectivity index (χ3v) is 5.31. The maximum absolute atomic E-state index is 6.48. The molecule has 1 aromatic heterocycles. The first-order valence-corrected chi connectivity index (χ1v) is 6.93. The summed E-state index contributed by atoms with van der Waals surface area (Å²) >= 11 is 1.83. The van der Waals surface area contributed by atoms with Crippen LogP contribution < -0.4 is 5.73 Å². The Morgan fingerprint density at radius 2 is 1.88 bits per heavy atom. The van der Waals surface area contributed by atoms with E-state index >= 15 is 0 Å². The number of hydrogen-bond acceptors (Lipinski definition) is 3. The number of aryl methyl sites for hydroxylation is 1. The number of hydrogen-bond donors (Lipinski definition) is 1. The Labute approximate surface area is 102 Å². The molecule has 2 N–H and O–H groups in total. The van der Waals surface area contributed by atoms with Crippen molar-refractivity contribution in [3.05, 3.63) is 15.6 Å². The van der Waals surface area contributed by atoms with Crippen LogP contribution in [0.2, 0.25) is 0 Å². The van der Waals surface area contributed by atoms with E-state index in [0.717, 1.165) is 11.4 Å². The average Bonchev–Trinajstić information content (AvgIpc) is 2.63. The highest BCUT2D eigenvalue weighted by molar-refractivity contribution is 7.11. The molecule has 0 bridgehead atoms. The molecule has 0 saturated carbocycles. The largest absolute Gasteiger partial charge is 0.322 e. The lowest BCUT2D eigenvalue weighted by molar-refractivity contribution is 0.0887. The fourth-order valence-electron chi connectivity index (χ4n) is 3.29. The minimum atomic E-state index is 0.118. The standard InChI is InChI=1S/C13H22N2S/c1-7(2)13(8(3)4)6-10-11(12(13)14)15-9(5)16-10/h7-8,12H,6,14H2,1-5H3/t12-/m1/s1. The number of nitrogens with zero attached hydrogens (tertiary/aromatic N) is 1. The average molecular weight is 238 g/mol. The molecule has 0 aromatic carbocycles. The van der Waals surface area contributed by atoms with Gasteiger partial charge in [0.2, 0.25) is 0 Å². The number of fused-ring (bicyclic) bond motifs is 1. The summed E-state index contributed by atoms with van der Waals surface area (Å²) in [6, 6.07) is 0.118. The zero-order valence-corrected chi connectivity index (χ0v) is 11.7. The molecule has 16 heavy (non-hydrogen) atoms. The van der Waals surface area contributed by atoms with Crippen LogP contribution in [0.25, 0.3) is 0 Å². The zero-order chi connectivity index (χ0) is 12.1. The van der Waals surface area contributed by atoms with Crippen molar-refractivity contribution in [2.75, 3.05) is 0 Å². The van der Waals surface area contributed by atoms with E-state index in [1.165, 1.54) is 10.6 Å². The molecule has 0 amide bonds. The summed E-state index contributed by atoms with van der Waals surface area (Å²) in [6.45, 7) is 11.3. The Morgan fingerprint density at radius 3 is 2.31 bits per heavy atom. The predicted octanol–water partition coefficient (Wildman–Crippen LogP) is 3.31. The lowest BCUT2D eigenvalue weighted by Gasteiger charge is -2.41. The minimum absolute atomic E-state index is 0.118. The Morgan fingerprint density at radius 1 is 1.31 bits per heavy atom. The van der Waals surface area contributed by atoms with E-state index in [1.54, 1.807) is 0 Å². The van der Waals surface area contributed by atoms with E-state index in [2.05, 4.69) is 39.6 Å². The Kier molecular flexibility index (Phi) is 2.87. The zero-order valence-electron chi connectivity index (χ0n) is 10.9. The van der Waals surface area contributed by atoms with Gasteiger partial charge in [-0.15, -0.1) is 11.3 Å². The van der Waals surface area contributed by atoms with Crippen LogP contribution in [-0.4, -0.2) is 4.98 Å². The summed E-state index contributed by atoms with van der Waals surface area (Å²) in [5.74, 6) is 1.20. The fraction of sp³-hybridized carbons (Fsp3) is 0.769. The molecule has 2 nitrogen and oxygen atoms in total. The van der Waals surface area contributed by atoms with Gasteiger partial charge >= 0.3 is 0 Å². The molecule has 1 aliphatic carbocycles. The summed E-state index contributed by atoms with van der Waals surface area (Å²) in [7, 11) is 0. The van der Waals surface area contributed by atoms with Crippen LogP contribution in [-0.2, 0) is 6.42 Å². The first kappa shape index (κ1) is 12.1. The minimum Gasteiger partial charge on any atom is -0.322 e. The second kappa shape index (κ2) is 3.81. The summed E-state index contributed by atoms with van der Waals surface area (Å²) in [5.41, 5.74) is 7.87. The van der Waals surface area contributed by atoms with Crippen molar-refractivity contribution >= 4 is 11.3 Å². The number of thiazole rings is 1. The van der Waals surface area contributed by atoms with Crippen LogP contribution in [0.15, 0.2) is 0 Å². The smallest absolute Gasteiger partial charge is 0.0900 e. The highest BCUT2D eigenvalue weighted by Crippen LogP contribution is 2.54. The molecular formula is C13H22N2S. The van der Waals surface area contributed by atoms with Crippen LogP contribution in [0.5, 0.6) is 0 Å². The van der Waals surface area contributed by atoms with Crippen molar-refractivity contribution in [3.8, 4) is 0 Å². The van der Waals surface area contributed by atoms with Crippen molar-refractivity contribution in [3.63, 3.8) is 0 Å². The molecule has 2 rings (SSSR count). The molecule has 0 radical (unpaired) electrons. The first-order valence-electron chi connectivity index (χ1n) is 6.11. The third kappa shape index (κ3) is 1.45. The van der Waals surface area contributed by atoms with Gasteiger partial charge in [0, 0.05) is 10.3 Å². The Hall–Kier alpha value is -0.410. The van der Waals surface area contributed by atoms with Gasteiger partial charge in [-0.3, -0.25) is 0 Å². The third-order valence-electron chi connectivity index (χ3n) is 4.32. The first-order chi connectivity index (χ1) is 7.39. The number of aromatic nitrogens is 1. The van der Waals surface area contributed by atoms with E-state index < -0.39 is 0 Å². The highest BCUT2D eigenvalue weighted by atomic mass is 32.1. The van der Waals surface area contributed by atoms with Crippen molar-refractivity contribution in [2.45, 2.75) is 47.1 Å². The highest BCUT2D eigenvalue weighted by Gasteiger charge is 2.50. The molecule has 1 heterocycles. The van der Waals surface area contributed by atoms with Gasteiger partial charge in [-0.1, -0.05) is 27.7 Å². The van der Waals surface area contributed by atoms with Crippen molar-refractivity contribution < 1.29 is 0 Å². The lowest BCUT2D eigenvalue weighted by Crippen LogP contribution is -2.41. The molecule has 0 aliphatic heterocycles. The van der Waals surface area contributed by atoms with E-state index in [9.17, 15) is 0 Å². The van der Waals surface area contributed by atoms with Crippen molar-refractivity contribution in [1.29, 1.82) is 0 Å². The maximum atomic E-state index is 6.48. The van der Waals surface area contributed by atoms with Gasteiger partial charge in [0.1, 0.15) is 0 Å². The summed E-state index contributed by atoms with van der Waals surface area (Å²) < 4.78 is 0. The number of nitrogens with two attached hydrogens (primary N) is 1. The van der Waals surface area contributed by atoms with Crippen LogP contribution in [0.3, 0.4) is 0 Å². The van der Waals surface area contributed by atoms with Gasteiger partial charge in [-0.2, -0.15) is 0 Å². The van der Waals surface area contributed by atoms with Gasteiger partial charge in [-0.05, 0) is 25.2 Å². The molecule has 90 valence electrons. The summed E-state index contributed by atoms with van der Waals surface area (Å²) in [5, 5.41) is 1.15. The van der Waals surface area contributed by atoms with E-state index in [4.69, 9.17) is 5.73 Å². The summed E-state index contributed by atoms with van der Waals surface area (Å²) in [4.78, 5) is 6.05. The quantitative estimate of drug-likeness (QED) is 0.858. The second-order valence-corrected chi connectivity index (χ2v) is 6.91. The summed E-state index contributed by atoms with van der Waals surface area (Å²) in [6.07, 6.45) is 1.12. The van der Waals surface area contributed by atoms with E-state index in [-0.39, 0.29) is 11.5 Å².